The number of nitrogen functional groups attached to an aromatic ring is 1. The van der Waals surface area contributed by atoms with Gasteiger partial charge in [-0.05, 0) is 20.3 Å². The lowest BCUT2D eigenvalue weighted by atomic mass is 10.2. The quantitative estimate of drug-likeness (QED) is 0.731. The lowest BCUT2D eigenvalue weighted by Crippen LogP contribution is -2.27. The van der Waals surface area contributed by atoms with Crippen molar-refractivity contribution < 1.29 is 0 Å². The van der Waals surface area contributed by atoms with E-state index in [2.05, 4.69) is 4.98 Å². The minimum atomic E-state index is -0.00463. The van der Waals surface area contributed by atoms with Crippen molar-refractivity contribution in [2.45, 2.75) is 33.7 Å². The van der Waals surface area contributed by atoms with Crippen molar-refractivity contribution in [3.8, 4) is 0 Å². The molecule has 1 rings (SSSR count). The molecular formula is C9H15N3O. The Hall–Kier alpha value is -1.32. The van der Waals surface area contributed by atoms with E-state index in [-0.39, 0.29) is 5.56 Å². The van der Waals surface area contributed by atoms with Crippen LogP contribution in [0.15, 0.2) is 4.79 Å². The Bertz CT molecular complexity index is 337. The maximum atomic E-state index is 11.7. The average molecular weight is 181 g/mol. The smallest absolute Gasteiger partial charge is 0.258 e. The normalized spacial score (nSPS) is 10.4. The van der Waals surface area contributed by atoms with E-state index < -0.39 is 0 Å². The molecule has 1 heterocycles. The number of aromatic nitrogens is 2. The van der Waals surface area contributed by atoms with Crippen LogP contribution in [-0.4, -0.2) is 9.55 Å². The van der Waals surface area contributed by atoms with Gasteiger partial charge in [-0.3, -0.25) is 9.36 Å². The van der Waals surface area contributed by atoms with Crippen LogP contribution in [0, 0.1) is 6.92 Å². The van der Waals surface area contributed by atoms with Crippen LogP contribution in [0.1, 0.15) is 25.1 Å². The largest absolute Gasteiger partial charge is 0.369 e. The minimum Gasteiger partial charge on any atom is -0.369 e. The first kappa shape index (κ1) is 9.77. The van der Waals surface area contributed by atoms with Gasteiger partial charge in [-0.2, -0.15) is 0 Å². The molecule has 0 radical (unpaired) electrons. The summed E-state index contributed by atoms with van der Waals surface area (Å²) in [6.45, 7) is 6.22. The standard InChI is InChI=1S/C9H15N3O/c1-4-7-6(3)11-9(10)12(5-2)8(7)13/h4-5H2,1-3H3,(H2,10,11). The fourth-order valence-electron chi connectivity index (χ4n) is 1.43. The molecule has 72 valence electrons. The molecule has 0 atom stereocenters. The maximum Gasteiger partial charge on any atom is 0.258 e. The molecule has 0 aliphatic carbocycles. The van der Waals surface area contributed by atoms with E-state index in [0.717, 1.165) is 11.3 Å². The Labute approximate surface area is 77.4 Å². The van der Waals surface area contributed by atoms with Crippen LogP contribution in [0.5, 0.6) is 0 Å². The summed E-state index contributed by atoms with van der Waals surface area (Å²) in [5.74, 6) is 0.308. The molecule has 0 aromatic carbocycles. The number of rotatable bonds is 2. The molecule has 0 amide bonds. The molecule has 2 N–H and O–H groups in total. The van der Waals surface area contributed by atoms with Crippen LogP contribution in [0.3, 0.4) is 0 Å². The fourth-order valence-corrected chi connectivity index (χ4v) is 1.43. The van der Waals surface area contributed by atoms with Crippen molar-refractivity contribution in [3.05, 3.63) is 21.6 Å². The Balaban J connectivity index is 3.49. The molecule has 0 spiro atoms. The summed E-state index contributed by atoms with van der Waals surface area (Å²) >= 11 is 0. The first-order valence-electron chi connectivity index (χ1n) is 4.47. The maximum absolute atomic E-state index is 11.7. The molecule has 4 heteroatoms. The molecule has 0 aliphatic heterocycles. The number of anilines is 1. The Morgan fingerprint density at radius 2 is 2.08 bits per heavy atom. The van der Waals surface area contributed by atoms with Gasteiger partial charge in [-0.25, -0.2) is 4.98 Å². The van der Waals surface area contributed by atoms with Gasteiger partial charge in [0.15, 0.2) is 0 Å². The minimum absolute atomic E-state index is 0.00463. The van der Waals surface area contributed by atoms with E-state index in [9.17, 15) is 4.79 Å². The summed E-state index contributed by atoms with van der Waals surface area (Å²) in [6, 6.07) is 0. The summed E-state index contributed by atoms with van der Waals surface area (Å²) in [5, 5.41) is 0. The number of hydrogen-bond donors (Lipinski definition) is 1. The monoisotopic (exact) mass is 181 g/mol. The van der Waals surface area contributed by atoms with Crippen molar-refractivity contribution in [3.63, 3.8) is 0 Å². The molecule has 1 aromatic heterocycles. The van der Waals surface area contributed by atoms with E-state index in [1.807, 2.05) is 20.8 Å². The van der Waals surface area contributed by atoms with Gasteiger partial charge in [0.2, 0.25) is 5.95 Å². The van der Waals surface area contributed by atoms with Crippen LogP contribution in [-0.2, 0) is 13.0 Å². The first-order valence-corrected chi connectivity index (χ1v) is 4.47. The summed E-state index contributed by atoms with van der Waals surface area (Å²) in [7, 11) is 0. The van der Waals surface area contributed by atoms with Gasteiger partial charge < -0.3 is 5.73 Å². The van der Waals surface area contributed by atoms with E-state index >= 15 is 0 Å². The van der Waals surface area contributed by atoms with E-state index in [0.29, 0.717) is 18.9 Å². The summed E-state index contributed by atoms with van der Waals surface area (Å²) in [5.41, 5.74) is 7.11. The predicted octanol–water partition coefficient (Wildman–Crippen LogP) is 0.716. The summed E-state index contributed by atoms with van der Waals surface area (Å²) in [4.78, 5) is 15.8. The predicted molar refractivity (Wildman–Crippen MR) is 52.7 cm³/mol. The fraction of sp³-hybridized carbons (Fsp3) is 0.556. The SMILES string of the molecule is CCc1c(C)nc(N)n(CC)c1=O. The molecule has 0 saturated carbocycles. The highest BCUT2D eigenvalue weighted by Gasteiger charge is 2.08. The third kappa shape index (κ3) is 1.56. The second-order valence-corrected chi connectivity index (χ2v) is 2.94. The van der Waals surface area contributed by atoms with Crippen LogP contribution < -0.4 is 11.3 Å². The Kier molecular flexibility index (Phi) is 2.70. The molecule has 0 saturated heterocycles. The molecule has 1 aromatic rings. The zero-order valence-electron chi connectivity index (χ0n) is 8.29. The van der Waals surface area contributed by atoms with Gasteiger partial charge in [-0.15, -0.1) is 0 Å². The van der Waals surface area contributed by atoms with Crippen molar-refractivity contribution in [2.24, 2.45) is 0 Å². The third-order valence-electron chi connectivity index (χ3n) is 2.17. The van der Waals surface area contributed by atoms with E-state index in [4.69, 9.17) is 5.73 Å². The highest BCUT2D eigenvalue weighted by atomic mass is 16.1. The number of aryl methyl sites for hydroxylation is 1. The zero-order valence-corrected chi connectivity index (χ0v) is 8.29. The lowest BCUT2D eigenvalue weighted by Gasteiger charge is -2.09. The topological polar surface area (TPSA) is 60.9 Å². The van der Waals surface area contributed by atoms with E-state index in [1.54, 1.807) is 0 Å². The number of nitrogens with zero attached hydrogens (tertiary/aromatic N) is 2. The Morgan fingerprint density at radius 1 is 1.46 bits per heavy atom. The van der Waals surface area contributed by atoms with Crippen LogP contribution in [0.4, 0.5) is 5.95 Å². The van der Waals surface area contributed by atoms with Gasteiger partial charge in [0.1, 0.15) is 0 Å². The molecule has 4 nitrogen and oxygen atoms in total. The third-order valence-corrected chi connectivity index (χ3v) is 2.17. The number of nitrogens with two attached hydrogens (primary N) is 1. The molecule has 0 unspecified atom stereocenters. The highest BCUT2D eigenvalue weighted by Crippen LogP contribution is 2.03. The second kappa shape index (κ2) is 3.60. The van der Waals surface area contributed by atoms with E-state index in [1.165, 1.54) is 4.57 Å². The van der Waals surface area contributed by atoms with Gasteiger partial charge in [-0.1, -0.05) is 6.92 Å². The molecule has 0 fully saturated rings. The van der Waals surface area contributed by atoms with Crippen molar-refractivity contribution in [1.82, 2.24) is 9.55 Å². The van der Waals surface area contributed by atoms with Crippen molar-refractivity contribution in [1.29, 1.82) is 0 Å². The van der Waals surface area contributed by atoms with Crippen molar-refractivity contribution in [2.75, 3.05) is 5.73 Å². The van der Waals surface area contributed by atoms with Crippen LogP contribution in [0.2, 0.25) is 0 Å². The van der Waals surface area contributed by atoms with Crippen LogP contribution in [0.25, 0.3) is 0 Å². The molecule has 0 bridgehead atoms. The van der Waals surface area contributed by atoms with Gasteiger partial charge in [0, 0.05) is 17.8 Å². The van der Waals surface area contributed by atoms with Crippen molar-refractivity contribution >= 4 is 5.95 Å². The zero-order chi connectivity index (χ0) is 10.0. The Morgan fingerprint density at radius 3 is 2.54 bits per heavy atom. The first-order chi connectivity index (χ1) is 6.11. The van der Waals surface area contributed by atoms with Crippen LogP contribution >= 0.6 is 0 Å². The molecule has 0 aliphatic rings. The molecule has 13 heavy (non-hydrogen) atoms. The second-order valence-electron chi connectivity index (χ2n) is 2.94. The molecular weight excluding hydrogens is 166 g/mol. The summed E-state index contributed by atoms with van der Waals surface area (Å²) in [6.07, 6.45) is 0.706. The average Bonchev–Trinajstić information content (AvgIpc) is 2.04. The van der Waals surface area contributed by atoms with Gasteiger partial charge in [0.05, 0.1) is 0 Å². The van der Waals surface area contributed by atoms with Gasteiger partial charge >= 0.3 is 0 Å². The lowest BCUT2D eigenvalue weighted by molar-refractivity contribution is 0.703. The number of hydrogen-bond acceptors (Lipinski definition) is 3. The highest BCUT2D eigenvalue weighted by molar-refractivity contribution is 5.26. The van der Waals surface area contributed by atoms with Gasteiger partial charge in [0.25, 0.3) is 5.56 Å². The summed E-state index contributed by atoms with van der Waals surface area (Å²) < 4.78 is 1.49.